The van der Waals surface area contributed by atoms with Crippen molar-refractivity contribution in [1.82, 2.24) is 5.32 Å². The SMILES string of the molecule is CC(F)C(NC(=O)C(C)(C)C)C1CC1. The molecular formula is C11H20FNO. The van der Waals surface area contributed by atoms with E-state index in [0.717, 1.165) is 12.8 Å². The van der Waals surface area contributed by atoms with Gasteiger partial charge in [-0.1, -0.05) is 20.8 Å². The molecule has 1 fully saturated rings. The molecule has 2 unspecified atom stereocenters. The van der Waals surface area contributed by atoms with Crippen molar-refractivity contribution in [3.05, 3.63) is 0 Å². The summed E-state index contributed by atoms with van der Waals surface area (Å²) in [6.07, 6.45) is 1.14. The van der Waals surface area contributed by atoms with Crippen molar-refractivity contribution in [2.24, 2.45) is 11.3 Å². The zero-order valence-corrected chi connectivity index (χ0v) is 9.43. The van der Waals surface area contributed by atoms with Crippen molar-refractivity contribution in [3.8, 4) is 0 Å². The number of hydrogen-bond donors (Lipinski definition) is 1. The molecule has 82 valence electrons. The third-order valence-electron chi connectivity index (χ3n) is 2.60. The van der Waals surface area contributed by atoms with Gasteiger partial charge in [0.25, 0.3) is 0 Å². The van der Waals surface area contributed by atoms with E-state index in [1.54, 1.807) is 0 Å². The molecule has 3 heteroatoms. The molecule has 2 nitrogen and oxygen atoms in total. The third kappa shape index (κ3) is 2.96. The van der Waals surface area contributed by atoms with E-state index in [1.165, 1.54) is 6.92 Å². The molecule has 0 aromatic heterocycles. The fraction of sp³-hybridized carbons (Fsp3) is 0.909. The molecule has 0 bridgehead atoms. The Labute approximate surface area is 85.3 Å². The number of nitrogens with one attached hydrogen (secondary N) is 1. The van der Waals surface area contributed by atoms with Crippen molar-refractivity contribution < 1.29 is 9.18 Å². The van der Waals surface area contributed by atoms with Gasteiger partial charge in [0.15, 0.2) is 0 Å². The number of halogens is 1. The highest BCUT2D eigenvalue weighted by molar-refractivity contribution is 5.81. The second-order valence-corrected chi connectivity index (χ2v) is 5.26. The van der Waals surface area contributed by atoms with Crippen molar-refractivity contribution in [1.29, 1.82) is 0 Å². The van der Waals surface area contributed by atoms with Gasteiger partial charge in [-0.2, -0.15) is 0 Å². The molecular weight excluding hydrogens is 181 g/mol. The van der Waals surface area contributed by atoms with Crippen LogP contribution in [0.4, 0.5) is 4.39 Å². The Kier molecular flexibility index (Phi) is 3.17. The molecule has 1 N–H and O–H groups in total. The van der Waals surface area contributed by atoms with Crippen LogP contribution in [-0.4, -0.2) is 18.1 Å². The lowest BCUT2D eigenvalue weighted by Gasteiger charge is -2.25. The molecule has 1 aliphatic rings. The fourth-order valence-electron chi connectivity index (χ4n) is 1.43. The van der Waals surface area contributed by atoms with Gasteiger partial charge in [0.2, 0.25) is 5.91 Å². The van der Waals surface area contributed by atoms with E-state index in [1.807, 2.05) is 20.8 Å². The smallest absolute Gasteiger partial charge is 0.225 e. The first-order chi connectivity index (χ1) is 6.32. The van der Waals surface area contributed by atoms with Gasteiger partial charge >= 0.3 is 0 Å². The van der Waals surface area contributed by atoms with Crippen molar-refractivity contribution in [2.75, 3.05) is 0 Å². The second kappa shape index (κ2) is 3.87. The molecule has 0 aromatic rings. The van der Waals surface area contributed by atoms with Crippen molar-refractivity contribution >= 4 is 5.91 Å². The van der Waals surface area contributed by atoms with E-state index >= 15 is 0 Å². The maximum absolute atomic E-state index is 13.2. The van der Waals surface area contributed by atoms with E-state index in [2.05, 4.69) is 5.32 Å². The summed E-state index contributed by atoms with van der Waals surface area (Å²) >= 11 is 0. The highest BCUT2D eigenvalue weighted by atomic mass is 19.1. The van der Waals surface area contributed by atoms with Gasteiger partial charge in [0, 0.05) is 5.41 Å². The molecule has 0 aliphatic heterocycles. The normalized spacial score (nSPS) is 21.5. The molecule has 0 radical (unpaired) electrons. The lowest BCUT2D eigenvalue weighted by Crippen LogP contribution is -2.46. The predicted molar refractivity (Wildman–Crippen MR) is 54.7 cm³/mol. The van der Waals surface area contributed by atoms with Crippen LogP contribution in [-0.2, 0) is 4.79 Å². The summed E-state index contributed by atoms with van der Waals surface area (Å²) in [5, 5.41) is 2.80. The highest BCUT2D eigenvalue weighted by Crippen LogP contribution is 2.35. The second-order valence-electron chi connectivity index (χ2n) is 5.26. The zero-order chi connectivity index (χ0) is 10.9. The van der Waals surface area contributed by atoms with E-state index in [-0.39, 0.29) is 11.9 Å². The summed E-state index contributed by atoms with van der Waals surface area (Å²) in [6, 6.07) is -0.276. The van der Waals surface area contributed by atoms with Gasteiger partial charge < -0.3 is 5.32 Å². The quantitative estimate of drug-likeness (QED) is 0.745. The maximum Gasteiger partial charge on any atom is 0.225 e. The van der Waals surface area contributed by atoms with E-state index in [0.29, 0.717) is 5.92 Å². The average molecular weight is 201 g/mol. The van der Waals surface area contributed by atoms with Crippen LogP contribution < -0.4 is 5.32 Å². The van der Waals surface area contributed by atoms with E-state index in [4.69, 9.17) is 0 Å². The minimum atomic E-state index is -0.950. The van der Waals surface area contributed by atoms with Crippen LogP contribution in [0.3, 0.4) is 0 Å². The van der Waals surface area contributed by atoms with Crippen LogP contribution in [0.2, 0.25) is 0 Å². The zero-order valence-electron chi connectivity index (χ0n) is 9.43. The average Bonchev–Trinajstić information content (AvgIpc) is 2.79. The Morgan fingerprint density at radius 3 is 2.21 bits per heavy atom. The maximum atomic E-state index is 13.2. The number of rotatable bonds is 3. The van der Waals surface area contributed by atoms with Crippen LogP contribution >= 0.6 is 0 Å². The Morgan fingerprint density at radius 2 is 1.93 bits per heavy atom. The molecule has 0 heterocycles. The summed E-state index contributed by atoms with van der Waals surface area (Å²) in [5.41, 5.74) is -0.429. The van der Waals surface area contributed by atoms with Gasteiger partial charge in [0.1, 0.15) is 6.17 Å². The van der Waals surface area contributed by atoms with Crippen LogP contribution in [0.5, 0.6) is 0 Å². The van der Waals surface area contributed by atoms with Crippen LogP contribution in [0.1, 0.15) is 40.5 Å². The number of hydrogen-bond acceptors (Lipinski definition) is 1. The first-order valence-electron chi connectivity index (χ1n) is 5.27. The topological polar surface area (TPSA) is 29.1 Å². The Balaban J connectivity index is 2.51. The molecule has 1 saturated carbocycles. The summed E-state index contributed by atoms with van der Waals surface area (Å²) < 4.78 is 13.2. The molecule has 0 spiro atoms. The number of carbonyl (C=O) groups excluding carboxylic acids is 1. The van der Waals surface area contributed by atoms with Gasteiger partial charge in [-0.05, 0) is 25.7 Å². The summed E-state index contributed by atoms with van der Waals surface area (Å²) in [7, 11) is 0. The standard InChI is InChI=1S/C11H20FNO/c1-7(12)9(8-5-6-8)13-10(14)11(2,3)4/h7-9H,5-6H2,1-4H3,(H,13,14). The molecule has 1 amide bonds. The Morgan fingerprint density at radius 1 is 1.43 bits per heavy atom. The monoisotopic (exact) mass is 201 g/mol. The Hall–Kier alpha value is -0.600. The molecule has 1 aliphatic carbocycles. The predicted octanol–water partition coefficient (Wildman–Crippen LogP) is 2.29. The summed E-state index contributed by atoms with van der Waals surface area (Å²) in [4.78, 5) is 11.6. The number of amides is 1. The largest absolute Gasteiger partial charge is 0.350 e. The lowest BCUT2D eigenvalue weighted by molar-refractivity contribution is -0.129. The third-order valence-corrected chi connectivity index (χ3v) is 2.60. The van der Waals surface area contributed by atoms with Crippen LogP contribution in [0, 0.1) is 11.3 Å². The first-order valence-corrected chi connectivity index (χ1v) is 5.27. The number of carbonyl (C=O) groups is 1. The Bertz CT molecular complexity index is 214. The lowest BCUT2D eigenvalue weighted by atomic mass is 9.94. The molecule has 1 rings (SSSR count). The number of alkyl halides is 1. The summed E-state index contributed by atoms with van der Waals surface area (Å²) in [5.74, 6) is 0.306. The van der Waals surface area contributed by atoms with Crippen LogP contribution in [0.25, 0.3) is 0 Å². The summed E-state index contributed by atoms with van der Waals surface area (Å²) in [6.45, 7) is 7.05. The van der Waals surface area contributed by atoms with Crippen LogP contribution in [0.15, 0.2) is 0 Å². The van der Waals surface area contributed by atoms with Gasteiger partial charge in [-0.25, -0.2) is 4.39 Å². The molecule has 0 saturated heterocycles. The molecule has 2 atom stereocenters. The first kappa shape index (κ1) is 11.5. The molecule has 14 heavy (non-hydrogen) atoms. The van der Waals surface area contributed by atoms with E-state index < -0.39 is 11.6 Å². The minimum Gasteiger partial charge on any atom is -0.350 e. The highest BCUT2D eigenvalue weighted by Gasteiger charge is 2.37. The van der Waals surface area contributed by atoms with Crippen molar-refractivity contribution in [2.45, 2.75) is 52.8 Å². The van der Waals surface area contributed by atoms with E-state index in [9.17, 15) is 9.18 Å². The van der Waals surface area contributed by atoms with Gasteiger partial charge in [-0.15, -0.1) is 0 Å². The fourth-order valence-corrected chi connectivity index (χ4v) is 1.43. The van der Waals surface area contributed by atoms with Gasteiger partial charge in [0.05, 0.1) is 6.04 Å². The molecule has 0 aromatic carbocycles. The van der Waals surface area contributed by atoms with Crippen molar-refractivity contribution in [3.63, 3.8) is 0 Å². The van der Waals surface area contributed by atoms with Gasteiger partial charge in [-0.3, -0.25) is 4.79 Å². The minimum absolute atomic E-state index is 0.0566.